The average Bonchev–Trinajstić information content (AvgIpc) is 2.65. The number of rotatable bonds is 9. The van der Waals surface area contributed by atoms with Crippen LogP contribution in [0.4, 0.5) is 0 Å². The van der Waals surface area contributed by atoms with E-state index < -0.39 is 17.8 Å². The smallest absolute Gasteiger partial charge is 0.0811 e. The van der Waals surface area contributed by atoms with Gasteiger partial charge in [-0.1, -0.05) is 62.8 Å². The van der Waals surface area contributed by atoms with Crippen LogP contribution in [0.3, 0.4) is 0 Å². The topological polar surface area (TPSA) is 60.7 Å². The van der Waals surface area contributed by atoms with E-state index in [9.17, 15) is 15.3 Å². The summed E-state index contributed by atoms with van der Waals surface area (Å²) in [7, 11) is 0. The van der Waals surface area contributed by atoms with Crippen molar-refractivity contribution in [3.63, 3.8) is 0 Å². The Hall–Kier alpha value is -1.68. The third kappa shape index (κ3) is 7.93. The van der Waals surface area contributed by atoms with E-state index in [4.69, 9.17) is 0 Å². The molecule has 2 rings (SSSR count). The molecule has 0 radical (unpaired) electrons. The molecule has 1 aromatic rings. The van der Waals surface area contributed by atoms with E-state index in [1.165, 1.54) is 16.7 Å². The molecule has 0 heterocycles. The first-order valence-corrected chi connectivity index (χ1v) is 11.0. The van der Waals surface area contributed by atoms with Gasteiger partial charge in [-0.2, -0.15) is 0 Å². The molecule has 0 aromatic heterocycles. The molecule has 0 spiro atoms. The van der Waals surface area contributed by atoms with Gasteiger partial charge in [0.05, 0.1) is 17.8 Å². The second-order valence-electron chi connectivity index (χ2n) is 8.95. The summed E-state index contributed by atoms with van der Waals surface area (Å²) in [4.78, 5) is 0. The van der Waals surface area contributed by atoms with E-state index in [-0.39, 0.29) is 0 Å². The fraction of sp³-hybridized carbons (Fsp3) is 0.538. The SMILES string of the molecule is C=C1/C(=C\C=C(/CC)c2cccc(CCCCCC(C)(C)O)c2)C[C@@H](O)C[C@@H]1O. The minimum Gasteiger partial charge on any atom is -0.393 e. The molecule has 0 bridgehead atoms. The Morgan fingerprint density at radius 1 is 1.21 bits per heavy atom. The van der Waals surface area contributed by atoms with E-state index in [2.05, 4.69) is 43.8 Å². The molecular formula is C26H38O3. The summed E-state index contributed by atoms with van der Waals surface area (Å²) in [5.74, 6) is 0. The van der Waals surface area contributed by atoms with Crippen molar-refractivity contribution in [3.05, 3.63) is 65.3 Å². The van der Waals surface area contributed by atoms with Gasteiger partial charge in [0.15, 0.2) is 0 Å². The second kappa shape index (κ2) is 10.9. The van der Waals surface area contributed by atoms with E-state index in [1.807, 2.05) is 19.9 Å². The lowest BCUT2D eigenvalue weighted by Crippen LogP contribution is -2.26. The van der Waals surface area contributed by atoms with Crippen LogP contribution >= 0.6 is 0 Å². The number of benzene rings is 1. The van der Waals surface area contributed by atoms with E-state index in [1.54, 1.807) is 0 Å². The van der Waals surface area contributed by atoms with Crippen LogP contribution in [0.2, 0.25) is 0 Å². The van der Waals surface area contributed by atoms with Gasteiger partial charge in [0.2, 0.25) is 0 Å². The molecule has 0 amide bonds. The molecule has 3 nitrogen and oxygen atoms in total. The van der Waals surface area contributed by atoms with Crippen molar-refractivity contribution in [2.75, 3.05) is 0 Å². The number of unbranched alkanes of at least 4 members (excludes halogenated alkanes) is 2. The van der Waals surface area contributed by atoms with Gasteiger partial charge in [-0.05, 0) is 73.8 Å². The van der Waals surface area contributed by atoms with Gasteiger partial charge in [0, 0.05) is 6.42 Å². The number of aliphatic hydroxyl groups is 3. The van der Waals surface area contributed by atoms with Crippen molar-refractivity contribution in [3.8, 4) is 0 Å². The summed E-state index contributed by atoms with van der Waals surface area (Å²) in [6.07, 6.45) is 10.0. The van der Waals surface area contributed by atoms with Gasteiger partial charge in [0.25, 0.3) is 0 Å². The van der Waals surface area contributed by atoms with E-state index >= 15 is 0 Å². The number of hydrogen-bond donors (Lipinski definition) is 3. The summed E-state index contributed by atoms with van der Waals surface area (Å²) in [6, 6.07) is 8.71. The molecule has 1 aliphatic rings. The molecular weight excluding hydrogens is 360 g/mol. The van der Waals surface area contributed by atoms with Crippen molar-refractivity contribution in [1.82, 2.24) is 0 Å². The van der Waals surface area contributed by atoms with Crippen LogP contribution in [0, 0.1) is 0 Å². The molecule has 3 heteroatoms. The Balaban J connectivity index is 2.02. The molecule has 1 aromatic carbocycles. The molecule has 0 saturated heterocycles. The highest BCUT2D eigenvalue weighted by Gasteiger charge is 2.24. The minimum absolute atomic E-state index is 0.373. The first-order chi connectivity index (χ1) is 13.7. The van der Waals surface area contributed by atoms with Crippen molar-refractivity contribution < 1.29 is 15.3 Å². The lowest BCUT2D eigenvalue weighted by Gasteiger charge is -2.26. The van der Waals surface area contributed by atoms with Gasteiger partial charge in [-0.3, -0.25) is 0 Å². The average molecular weight is 399 g/mol. The summed E-state index contributed by atoms with van der Waals surface area (Å²) in [5.41, 5.74) is 4.90. The fourth-order valence-corrected chi connectivity index (χ4v) is 3.87. The number of hydrogen-bond acceptors (Lipinski definition) is 3. The first kappa shape index (κ1) is 23.6. The van der Waals surface area contributed by atoms with Crippen molar-refractivity contribution in [2.24, 2.45) is 0 Å². The highest BCUT2D eigenvalue weighted by Crippen LogP contribution is 2.29. The number of allylic oxidation sites excluding steroid dienone is 3. The maximum absolute atomic E-state index is 10.0. The van der Waals surface area contributed by atoms with Crippen LogP contribution in [-0.4, -0.2) is 33.1 Å². The zero-order valence-electron chi connectivity index (χ0n) is 18.3. The molecule has 0 unspecified atom stereocenters. The summed E-state index contributed by atoms with van der Waals surface area (Å²) in [5, 5.41) is 29.8. The van der Waals surface area contributed by atoms with Gasteiger partial charge >= 0.3 is 0 Å². The zero-order chi connectivity index (χ0) is 21.4. The zero-order valence-corrected chi connectivity index (χ0v) is 18.3. The molecule has 1 aliphatic carbocycles. The predicted octanol–water partition coefficient (Wildman–Crippen LogP) is 5.35. The third-order valence-corrected chi connectivity index (χ3v) is 5.68. The van der Waals surface area contributed by atoms with Crippen LogP contribution in [0.15, 0.2) is 54.1 Å². The summed E-state index contributed by atoms with van der Waals surface area (Å²) < 4.78 is 0. The molecule has 0 aliphatic heterocycles. The first-order valence-electron chi connectivity index (χ1n) is 11.0. The molecule has 1 saturated carbocycles. The number of aliphatic hydroxyl groups excluding tert-OH is 2. The van der Waals surface area contributed by atoms with Crippen molar-refractivity contribution in [2.45, 2.75) is 89.9 Å². The molecule has 160 valence electrons. The number of aryl methyl sites for hydroxylation is 1. The van der Waals surface area contributed by atoms with Crippen LogP contribution in [0.25, 0.3) is 5.57 Å². The molecule has 3 N–H and O–H groups in total. The van der Waals surface area contributed by atoms with Gasteiger partial charge in [-0.25, -0.2) is 0 Å². The highest BCUT2D eigenvalue weighted by atomic mass is 16.3. The minimum atomic E-state index is -0.650. The van der Waals surface area contributed by atoms with E-state index in [0.29, 0.717) is 12.8 Å². The molecule has 2 atom stereocenters. The Morgan fingerprint density at radius 2 is 1.97 bits per heavy atom. The highest BCUT2D eigenvalue weighted by molar-refractivity contribution is 5.68. The molecule has 1 fully saturated rings. The standard InChI is InChI=1S/C26H38O3/c1-5-21(13-14-22-17-24(27)18-25(28)19(22)2)23-12-9-11-20(16-23)10-7-6-8-15-26(3,4)29/h9,11-14,16,24-25,27-29H,2,5-8,10,15,17-18H2,1,3-4H3/b21-13+,22-14-/t24-,25+/m1/s1. The van der Waals surface area contributed by atoms with Crippen molar-refractivity contribution >= 4 is 5.57 Å². The van der Waals surface area contributed by atoms with Crippen molar-refractivity contribution in [1.29, 1.82) is 0 Å². The molecule has 29 heavy (non-hydrogen) atoms. The normalized spacial score (nSPS) is 22.3. The van der Waals surface area contributed by atoms with Crippen LogP contribution in [0.5, 0.6) is 0 Å². The second-order valence-corrected chi connectivity index (χ2v) is 8.95. The summed E-state index contributed by atoms with van der Waals surface area (Å²) >= 11 is 0. The van der Waals surface area contributed by atoms with Gasteiger partial charge in [-0.15, -0.1) is 0 Å². The Bertz CT molecular complexity index is 737. The monoisotopic (exact) mass is 398 g/mol. The summed E-state index contributed by atoms with van der Waals surface area (Å²) in [6.45, 7) is 9.88. The Morgan fingerprint density at radius 3 is 2.66 bits per heavy atom. The Kier molecular flexibility index (Phi) is 8.88. The maximum Gasteiger partial charge on any atom is 0.0811 e. The largest absolute Gasteiger partial charge is 0.393 e. The van der Waals surface area contributed by atoms with Gasteiger partial charge in [0.1, 0.15) is 0 Å². The lowest BCUT2D eigenvalue weighted by molar-refractivity contribution is 0.0680. The Labute approximate surface area is 176 Å². The van der Waals surface area contributed by atoms with Crippen LogP contribution < -0.4 is 0 Å². The van der Waals surface area contributed by atoms with Gasteiger partial charge < -0.3 is 15.3 Å². The third-order valence-electron chi connectivity index (χ3n) is 5.68. The van der Waals surface area contributed by atoms with Crippen LogP contribution in [0.1, 0.15) is 76.8 Å². The van der Waals surface area contributed by atoms with Crippen LogP contribution in [-0.2, 0) is 6.42 Å². The quantitative estimate of drug-likeness (QED) is 0.491. The fourth-order valence-electron chi connectivity index (χ4n) is 3.87. The lowest BCUT2D eigenvalue weighted by atomic mass is 9.86. The predicted molar refractivity (Wildman–Crippen MR) is 122 cm³/mol. The maximum atomic E-state index is 10.0. The van der Waals surface area contributed by atoms with E-state index in [0.717, 1.165) is 49.7 Å².